The van der Waals surface area contributed by atoms with Crippen molar-refractivity contribution in [1.29, 1.82) is 0 Å². The fraction of sp³-hybridized carbons (Fsp3) is 0.304. The van der Waals surface area contributed by atoms with Crippen molar-refractivity contribution in [2.24, 2.45) is 5.73 Å². The number of aliphatic hydroxyl groups is 2. The number of aromatic nitrogens is 3. The molecule has 2 heterocycles. The number of nitrogens with zero attached hydrogens (tertiary/aromatic N) is 3. The zero-order valence-corrected chi connectivity index (χ0v) is 17.0. The second-order valence-corrected chi connectivity index (χ2v) is 7.82. The maximum Gasteiger partial charge on any atom is 0.258 e. The largest absolute Gasteiger partial charge is 0.394 e. The van der Waals surface area contributed by atoms with E-state index in [2.05, 4.69) is 29.2 Å². The monoisotopic (exact) mass is 406 g/mol. The van der Waals surface area contributed by atoms with Crippen LogP contribution in [0.25, 0.3) is 33.6 Å². The van der Waals surface area contributed by atoms with Crippen molar-refractivity contribution in [3.63, 3.8) is 0 Å². The molecule has 4 aromatic rings. The van der Waals surface area contributed by atoms with Gasteiger partial charge in [-0.3, -0.25) is 0 Å². The predicted octanol–water partition coefficient (Wildman–Crippen LogP) is 2.99. The minimum Gasteiger partial charge on any atom is -0.394 e. The molecule has 4 rings (SSSR count). The summed E-state index contributed by atoms with van der Waals surface area (Å²) in [6.45, 7) is 1.88. The van der Waals surface area contributed by atoms with Crippen LogP contribution in [-0.4, -0.2) is 43.7 Å². The van der Waals surface area contributed by atoms with Gasteiger partial charge in [-0.2, -0.15) is 4.98 Å². The molecule has 30 heavy (non-hydrogen) atoms. The van der Waals surface area contributed by atoms with Crippen LogP contribution in [0.4, 0.5) is 0 Å². The Labute approximate surface area is 174 Å². The van der Waals surface area contributed by atoms with E-state index in [0.717, 1.165) is 34.7 Å². The van der Waals surface area contributed by atoms with Gasteiger partial charge in [-0.05, 0) is 35.6 Å². The Kier molecular flexibility index (Phi) is 5.67. The molecule has 0 saturated carbocycles. The van der Waals surface area contributed by atoms with Crippen molar-refractivity contribution in [1.82, 2.24) is 14.7 Å². The molecule has 0 aliphatic rings. The average Bonchev–Trinajstić information content (AvgIpc) is 3.40. The molecule has 0 atom stereocenters. The fourth-order valence-electron chi connectivity index (χ4n) is 3.50. The Morgan fingerprint density at radius 2 is 1.70 bits per heavy atom. The molecule has 0 aliphatic heterocycles. The average molecular weight is 406 g/mol. The van der Waals surface area contributed by atoms with Crippen molar-refractivity contribution in [3.05, 3.63) is 60.4 Å². The summed E-state index contributed by atoms with van der Waals surface area (Å²) in [6, 6.07) is 14.1. The molecule has 0 bridgehead atoms. The minimum atomic E-state index is -1.06. The number of aryl methyl sites for hydroxylation is 1. The number of fused-ring (bicyclic) bond motifs is 1. The van der Waals surface area contributed by atoms with Gasteiger partial charge in [-0.25, -0.2) is 0 Å². The van der Waals surface area contributed by atoms with Gasteiger partial charge in [0, 0.05) is 35.5 Å². The van der Waals surface area contributed by atoms with Crippen LogP contribution in [-0.2, 0) is 13.0 Å². The molecule has 7 heteroatoms. The molecule has 2 aromatic heterocycles. The number of hydrogen-bond donors (Lipinski definition) is 3. The Morgan fingerprint density at radius 3 is 2.40 bits per heavy atom. The zero-order chi connectivity index (χ0) is 21.1. The maximum absolute atomic E-state index is 9.43. The first-order valence-electron chi connectivity index (χ1n) is 10.1. The van der Waals surface area contributed by atoms with Crippen molar-refractivity contribution >= 4 is 10.8 Å². The third-order valence-corrected chi connectivity index (χ3v) is 5.25. The van der Waals surface area contributed by atoms with Crippen molar-refractivity contribution in [2.45, 2.75) is 31.8 Å². The van der Waals surface area contributed by atoms with E-state index in [-0.39, 0.29) is 13.2 Å². The molecule has 4 N–H and O–H groups in total. The van der Waals surface area contributed by atoms with Gasteiger partial charge in [0.25, 0.3) is 5.89 Å². The highest BCUT2D eigenvalue weighted by molar-refractivity contribution is 5.86. The Bertz CT molecular complexity index is 1130. The van der Waals surface area contributed by atoms with Crippen LogP contribution in [0.3, 0.4) is 0 Å². The van der Waals surface area contributed by atoms with Gasteiger partial charge in [0.2, 0.25) is 5.82 Å². The van der Waals surface area contributed by atoms with E-state index in [9.17, 15) is 10.2 Å². The molecule has 2 aromatic carbocycles. The lowest BCUT2D eigenvalue weighted by Crippen LogP contribution is -2.50. The first-order chi connectivity index (χ1) is 14.5. The lowest BCUT2D eigenvalue weighted by Gasteiger charge is -2.24. The lowest BCUT2D eigenvalue weighted by atomic mass is 10.0. The van der Waals surface area contributed by atoms with Crippen molar-refractivity contribution in [2.75, 3.05) is 13.2 Å². The number of benzene rings is 2. The maximum atomic E-state index is 9.43. The summed E-state index contributed by atoms with van der Waals surface area (Å²) in [5.74, 6) is 1.01. The van der Waals surface area contributed by atoms with Crippen LogP contribution in [0, 0.1) is 0 Å². The quantitative estimate of drug-likeness (QED) is 0.415. The number of nitrogens with two attached hydrogens (primary N) is 1. The van der Waals surface area contributed by atoms with Crippen molar-refractivity contribution < 1.29 is 14.7 Å². The number of aliphatic hydroxyl groups excluding tert-OH is 2. The van der Waals surface area contributed by atoms with Crippen LogP contribution in [0.5, 0.6) is 0 Å². The Hall–Kier alpha value is -3.00. The molecular weight excluding hydrogens is 380 g/mol. The molecule has 0 saturated heterocycles. The smallest absolute Gasteiger partial charge is 0.258 e. The molecule has 0 spiro atoms. The normalized spacial score (nSPS) is 12.0. The molecule has 0 radical (unpaired) electrons. The van der Waals surface area contributed by atoms with E-state index in [1.807, 2.05) is 47.3 Å². The van der Waals surface area contributed by atoms with E-state index in [4.69, 9.17) is 10.3 Å². The molecule has 0 unspecified atom stereocenters. The molecule has 156 valence electrons. The summed E-state index contributed by atoms with van der Waals surface area (Å²) in [4.78, 5) is 4.56. The van der Waals surface area contributed by atoms with Crippen LogP contribution in [0.15, 0.2) is 59.4 Å². The van der Waals surface area contributed by atoms with Crippen LogP contribution >= 0.6 is 0 Å². The SMILES string of the molecule is CCCc1ccc(-c2nc(-c3ccc4cn(CC(N)(CO)CO)cc4c3)no2)cc1. The van der Waals surface area contributed by atoms with Gasteiger partial charge < -0.3 is 25.0 Å². The summed E-state index contributed by atoms with van der Waals surface area (Å²) in [7, 11) is 0. The van der Waals surface area contributed by atoms with Gasteiger partial charge in [-0.1, -0.05) is 42.8 Å². The first-order valence-corrected chi connectivity index (χ1v) is 10.1. The number of hydrogen-bond acceptors (Lipinski definition) is 6. The third kappa shape index (κ3) is 4.14. The first kappa shape index (κ1) is 20.3. The highest BCUT2D eigenvalue weighted by Crippen LogP contribution is 2.26. The third-order valence-electron chi connectivity index (χ3n) is 5.25. The van der Waals surface area contributed by atoms with E-state index in [1.54, 1.807) is 0 Å². The van der Waals surface area contributed by atoms with Crippen LogP contribution in [0.2, 0.25) is 0 Å². The molecular formula is C23H26N4O3. The van der Waals surface area contributed by atoms with E-state index >= 15 is 0 Å². The summed E-state index contributed by atoms with van der Waals surface area (Å²) in [5.41, 5.74) is 7.98. The molecule has 0 amide bonds. The predicted molar refractivity (Wildman–Crippen MR) is 116 cm³/mol. The summed E-state index contributed by atoms with van der Waals surface area (Å²) in [5, 5.41) is 25.0. The summed E-state index contributed by atoms with van der Waals surface area (Å²) < 4.78 is 7.35. The molecule has 0 fully saturated rings. The summed E-state index contributed by atoms with van der Waals surface area (Å²) >= 11 is 0. The van der Waals surface area contributed by atoms with E-state index < -0.39 is 5.54 Å². The van der Waals surface area contributed by atoms with E-state index in [0.29, 0.717) is 18.3 Å². The van der Waals surface area contributed by atoms with Gasteiger partial charge in [-0.15, -0.1) is 0 Å². The van der Waals surface area contributed by atoms with Crippen molar-refractivity contribution in [3.8, 4) is 22.8 Å². The standard InChI is InChI=1S/C23H26N4O3/c1-2-3-16-4-6-17(7-5-16)22-25-21(26-30-22)18-8-9-19-11-27(12-20(19)10-18)13-23(24,14-28)15-29/h4-12,28-29H,2-3,13-15,24H2,1H3. The minimum absolute atomic E-state index is 0.297. The highest BCUT2D eigenvalue weighted by Gasteiger charge is 2.23. The highest BCUT2D eigenvalue weighted by atomic mass is 16.5. The van der Waals surface area contributed by atoms with Gasteiger partial charge in [0.05, 0.1) is 18.8 Å². The van der Waals surface area contributed by atoms with Crippen LogP contribution < -0.4 is 5.73 Å². The van der Waals surface area contributed by atoms with Crippen LogP contribution in [0.1, 0.15) is 18.9 Å². The topological polar surface area (TPSA) is 110 Å². The fourth-order valence-corrected chi connectivity index (χ4v) is 3.50. The van der Waals surface area contributed by atoms with Gasteiger partial charge >= 0.3 is 0 Å². The molecule has 0 aliphatic carbocycles. The second-order valence-electron chi connectivity index (χ2n) is 7.82. The number of rotatable bonds is 8. The summed E-state index contributed by atoms with van der Waals surface area (Å²) in [6.07, 6.45) is 6.03. The second kappa shape index (κ2) is 8.39. The van der Waals surface area contributed by atoms with Gasteiger partial charge in [0.15, 0.2) is 0 Å². The Morgan fingerprint density at radius 1 is 1.00 bits per heavy atom. The van der Waals surface area contributed by atoms with Gasteiger partial charge in [0.1, 0.15) is 0 Å². The molecule has 7 nitrogen and oxygen atoms in total. The van der Waals surface area contributed by atoms with E-state index in [1.165, 1.54) is 5.56 Å². The zero-order valence-electron chi connectivity index (χ0n) is 17.0. The lowest BCUT2D eigenvalue weighted by molar-refractivity contribution is 0.108. The Balaban J connectivity index is 1.58.